The maximum absolute atomic E-state index is 12.3. The Morgan fingerprint density at radius 2 is 2.03 bits per heavy atom. The molecule has 3 aromatic rings. The lowest BCUT2D eigenvalue weighted by molar-refractivity contribution is 0.0521. The summed E-state index contributed by atoms with van der Waals surface area (Å²) in [6, 6.07) is 10.1. The summed E-state index contributed by atoms with van der Waals surface area (Å²) in [6.07, 6.45) is 2.42. The molecule has 1 aliphatic rings. The molecule has 2 aromatic heterocycles. The normalized spacial score (nSPS) is 16.2. The summed E-state index contributed by atoms with van der Waals surface area (Å²) in [4.78, 5) is 15.9. The molecule has 3 heterocycles. The van der Waals surface area contributed by atoms with Crippen LogP contribution in [0.2, 0.25) is 0 Å². The SMILES string of the molecule is CCOC(=O)c1ccoc1CN1CCc2cc(OC)c(OC)cc2C1c1cccs1. The van der Waals surface area contributed by atoms with Gasteiger partial charge in [0.2, 0.25) is 0 Å². The van der Waals surface area contributed by atoms with E-state index in [9.17, 15) is 4.79 Å². The Kier molecular flexibility index (Phi) is 6.11. The largest absolute Gasteiger partial charge is 0.493 e. The molecule has 0 amide bonds. The molecule has 1 atom stereocenters. The summed E-state index contributed by atoms with van der Waals surface area (Å²) in [5.74, 6) is 1.73. The molecule has 0 spiro atoms. The number of thiophene rings is 1. The van der Waals surface area contributed by atoms with E-state index in [-0.39, 0.29) is 12.0 Å². The highest BCUT2D eigenvalue weighted by molar-refractivity contribution is 7.10. The van der Waals surface area contributed by atoms with Crippen LogP contribution in [0.25, 0.3) is 0 Å². The number of furan rings is 1. The first-order valence-electron chi connectivity index (χ1n) is 9.92. The Bertz CT molecular complexity index is 1010. The van der Waals surface area contributed by atoms with Crippen LogP contribution >= 0.6 is 11.3 Å². The number of rotatable bonds is 7. The number of hydrogen-bond donors (Lipinski definition) is 0. The zero-order chi connectivity index (χ0) is 21.1. The van der Waals surface area contributed by atoms with E-state index in [0.29, 0.717) is 30.2 Å². The van der Waals surface area contributed by atoms with Gasteiger partial charge in [-0.3, -0.25) is 4.90 Å². The number of fused-ring (bicyclic) bond motifs is 1. The van der Waals surface area contributed by atoms with Crippen molar-refractivity contribution in [1.29, 1.82) is 0 Å². The number of methoxy groups -OCH3 is 2. The number of nitrogens with zero attached hydrogens (tertiary/aromatic N) is 1. The molecule has 0 N–H and O–H groups in total. The minimum absolute atomic E-state index is 0.0358. The number of carbonyl (C=O) groups is 1. The van der Waals surface area contributed by atoms with E-state index in [1.165, 1.54) is 16.0 Å². The lowest BCUT2D eigenvalue weighted by Crippen LogP contribution is -2.35. The van der Waals surface area contributed by atoms with E-state index in [1.54, 1.807) is 44.8 Å². The molecule has 0 bridgehead atoms. The van der Waals surface area contributed by atoms with E-state index in [1.807, 2.05) is 0 Å². The molecule has 0 saturated heterocycles. The predicted octanol–water partition coefficient (Wildman–Crippen LogP) is 4.68. The molecule has 0 aliphatic carbocycles. The lowest BCUT2D eigenvalue weighted by Gasteiger charge is -2.37. The summed E-state index contributed by atoms with van der Waals surface area (Å²) in [5, 5.41) is 2.08. The summed E-state index contributed by atoms with van der Waals surface area (Å²) in [7, 11) is 3.31. The van der Waals surface area contributed by atoms with Crippen molar-refractivity contribution in [3.8, 4) is 11.5 Å². The summed E-state index contributed by atoms with van der Waals surface area (Å²) in [5.41, 5.74) is 2.91. The second-order valence-corrected chi connectivity index (χ2v) is 8.00. The van der Waals surface area contributed by atoms with Crippen molar-refractivity contribution < 1.29 is 23.4 Å². The van der Waals surface area contributed by atoms with Gasteiger partial charge in [0.05, 0.1) is 39.7 Å². The molecule has 0 fully saturated rings. The van der Waals surface area contributed by atoms with Gasteiger partial charge in [-0.1, -0.05) is 6.07 Å². The summed E-state index contributed by atoms with van der Waals surface area (Å²) >= 11 is 1.72. The van der Waals surface area contributed by atoms with Crippen LogP contribution in [0, 0.1) is 0 Å². The van der Waals surface area contributed by atoms with Gasteiger partial charge in [0.25, 0.3) is 0 Å². The first kappa shape index (κ1) is 20.5. The molecule has 0 saturated carbocycles. The van der Waals surface area contributed by atoms with Crippen LogP contribution in [0.3, 0.4) is 0 Å². The molecule has 7 heteroatoms. The molecule has 1 aromatic carbocycles. The monoisotopic (exact) mass is 427 g/mol. The van der Waals surface area contributed by atoms with E-state index in [4.69, 9.17) is 18.6 Å². The Morgan fingerprint density at radius 3 is 2.73 bits per heavy atom. The molecule has 1 unspecified atom stereocenters. The highest BCUT2D eigenvalue weighted by Gasteiger charge is 2.32. The van der Waals surface area contributed by atoms with Crippen LogP contribution in [0.15, 0.2) is 46.4 Å². The maximum atomic E-state index is 12.3. The number of benzene rings is 1. The fraction of sp³-hybridized carbons (Fsp3) is 0.348. The fourth-order valence-corrected chi connectivity index (χ4v) is 4.86. The second kappa shape index (κ2) is 8.93. The fourth-order valence-electron chi connectivity index (χ4n) is 3.99. The van der Waals surface area contributed by atoms with Gasteiger partial charge in [-0.15, -0.1) is 11.3 Å². The molecule has 1 aliphatic heterocycles. The molecule has 6 nitrogen and oxygen atoms in total. The van der Waals surface area contributed by atoms with Crippen molar-refractivity contribution in [2.45, 2.75) is 25.9 Å². The van der Waals surface area contributed by atoms with Crippen molar-refractivity contribution in [2.75, 3.05) is 27.4 Å². The topological polar surface area (TPSA) is 61.1 Å². The Hall–Kier alpha value is -2.77. The van der Waals surface area contributed by atoms with Gasteiger partial charge >= 0.3 is 5.97 Å². The molecule has 30 heavy (non-hydrogen) atoms. The average Bonchev–Trinajstić information content (AvgIpc) is 3.45. The predicted molar refractivity (Wildman–Crippen MR) is 114 cm³/mol. The Balaban J connectivity index is 1.72. The van der Waals surface area contributed by atoms with Crippen LogP contribution in [0.5, 0.6) is 11.5 Å². The first-order chi connectivity index (χ1) is 14.7. The van der Waals surface area contributed by atoms with Gasteiger partial charge in [-0.2, -0.15) is 0 Å². The number of ether oxygens (including phenoxy) is 3. The Morgan fingerprint density at radius 1 is 1.23 bits per heavy atom. The van der Waals surface area contributed by atoms with Crippen molar-refractivity contribution in [1.82, 2.24) is 4.90 Å². The van der Waals surface area contributed by atoms with E-state index in [0.717, 1.165) is 18.7 Å². The summed E-state index contributed by atoms with van der Waals surface area (Å²) in [6.45, 7) is 3.47. The van der Waals surface area contributed by atoms with Crippen molar-refractivity contribution in [3.63, 3.8) is 0 Å². The van der Waals surface area contributed by atoms with Gasteiger partial charge < -0.3 is 18.6 Å². The van der Waals surface area contributed by atoms with Crippen molar-refractivity contribution in [3.05, 3.63) is 69.3 Å². The van der Waals surface area contributed by atoms with Crippen LogP contribution in [0.4, 0.5) is 0 Å². The van der Waals surface area contributed by atoms with Gasteiger partial charge in [0.1, 0.15) is 11.3 Å². The third-order valence-corrected chi connectivity index (χ3v) is 6.30. The molecular formula is C23H25NO5S. The lowest BCUT2D eigenvalue weighted by atomic mass is 9.90. The third-order valence-electron chi connectivity index (χ3n) is 5.37. The maximum Gasteiger partial charge on any atom is 0.341 e. The Labute approximate surface area is 180 Å². The van der Waals surface area contributed by atoms with Crippen LogP contribution in [-0.2, 0) is 17.7 Å². The minimum atomic E-state index is -0.349. The standard InChI is InChI=1S/C23H25NO5S/c1-4-28-23(25)16-8-10-29-20(16)14-24-9-7-15-12-18(26-2)19(27-3)13-17(15)22(24)21-6-5-11-30-21/h5-6,8,10-13,22H,4,7,9,14H2,1-3H3. The smallest absolute Gasteiger partial charge is 0.341 e. The van der Waals surface area contributed by atoms with Gasteiger partial charge in [0.15, 0.2) is 11.5 Å². The average molecular weight is 428 g/mol. The molecule has 158 valence electrons. The zero-order valence-corrected chi connectivity index (χ0v) is 18.2. The molecule has 0 radical (unpaired) electrons. The van der Waals surface area contributed by atoms with Gasteiger partial charge in [-0.05, 0) is 54.1 Å². The van der Waals surface area contributed by atoms with Gasteiger partial charge in [-0.25, -0.2) is 4.79 Å². The van der Waals surface area contributed by atoms with Gasteiger partial charge in [0, 0.05) is 11.4 Å². The number of esters is 1. The summed E-state index contributed by atoms with van der Waals surface area (Å²) < 4.78 is 21.9. The van der Waals surface area contributed by atoms with Crippen LogP contribution < -0.4 is 9.47 Å². The second-order valence-electron chi connectivity index (χ2n) is 7.02. The van der Waals surface area contributed by atoms with Crippen molar-refractivity contribution >= 4 is 17.3 Å². The highest BCUT2D eigenvalue weighted by Crippen LogP contribution is 2.42. The first-order valence-corrected chi connectivity index (χ1v) is 10.8. The number of carbonyl (C=O) groups excluding carboxylic acids is 1. The van der Waals surface area contributed by atoms with E-state index >= 15 is 0 Å². The molecule has 4 rings (SSSR count). The zero-order valence-electron chi connectivity index (χ0n) is 17.3. The van der Waals surface area contributed by atoms with E-state index < -0.39 is 0 Å². The highest BCUT2D eigenvalue weighted by atomic mass is 32.1. The van der Waals surface area contributed by atoms with Crippen LogP contribution in [-0.4, -0.2) is 38.2 Å². The molecular weight excluding hydrogens is 402 g/mol. The number of hydrogen-bond acceptors (Lipinski definition) is 7. The minimum Gasteiger partial charge on any atom is -0.493 e. The quantitative estimate of drug-likeness (QED) is 0.510. The third kappa shape index (κ3) is 3.82. The van der Waals surface area contributed by atoms with Crippen molar-refractivity contribution in [2.24, 2.45) is 0 Å². The van der Waals surface area contributed by atoms with E-state index in [2.05, 4.69) is 34.5 Å². The van der Waals surface area contributed by atoms with Crippen LogP contribution in [0.1, 0.15) is 45.1 Å².